The Morgan fingerprint density at radius 3 is 2.32 bits per heavy atom. The lowest BCUT2D eigenvalue weighted by atomic mass is 10.0. The normalized spacial score (nSPS) is 10.5. The molecule has 2 aromatic rings. The molecule has 0 saturated carbocycles. The molecule has 1 nitrogen and oxygen atoms in total. The fourth-order valence-electron chi connectivity index (χ4n) is 1.61. The van der Waals surface area contributed by atoms with Crippen LogP contribution < -0.4 is 0 Å². The molecule has 0 heterocycles. The van der Waals surface area contributed by atoms with E-state index in [0.717, 1.165) is 0 Å². The van der Waals surface area contributed by atoms with Gasteiger partial charge in [-0.3, -0.25) is 4.79 Å². The van der Waals surface area contributed by atoms with E-state index in [1.54, 1.807) is 12.1 Å². The van der Waals surface area contributed by atoms with Gasteiger partial charge >= 0.3 is 0 Å². The monoisotopic (exact) mass is 316 g/mol. The third-order valence-corrected chi connectivity index (χ3v) is 3.70. The molecule has 19 heavy (non-hydrogen) atoms. The Balaban J connectivity index is 2.23. The smallest absolute Gasteiger partial charge is 0.167 e. The van der Waals surface area contributed by atoms with Crippen molar-refractivity contribution in [1.82, 2.24) is 0 Å². The van der Waals surface area contributed by atoms with E-state index in [2.05, 4.69) is 0 Å². The van der Waals surface area contributed by atoms with Crippen LogP contribution in [0.25, 0.3) is 0 Å². The number of carbonyl (C=O) groups is 1. The highest BCUT2D eigenvalue weighted by molar-refractivity contribution is 6.42. The van der Waals surface area contributed by atoms with Crippen molar-refractivity contribution < 1.29 is 9.18 Å². The second-order valence-corrected chi connectivity index (χ2v) is 5.19. The van der Waals surface area contributed by atoms with Crippen molar-refractivity contribution >= 4 is 40.6 Å². The minimum Gasteiger partial charge on any atom is -0.294 e. The van der Waals surface area contributed by atoms with Crippen LogP contribution in [0.15, 0.2) is 36.4 Å². The Hall–Kier alpha value is -1.09. The number of carbonyl (C=O) groups excluding carboxylic acids is 1. The first-order chi connectivity index (χ1) is 8.97. The number of hydrogen-bond donors (Lipinski definition) is 0. The number of hydrogen-bond acceptors (Lipinski definition) is 1. The van der Waals surface area contributed by atoms with Crippen LogP contribution in [0.3, 0.4) is 0 Å². The fourth-order valence-corrected chi connectivity index (χ4v) is 2.14. The Bertz CT molecular complexity index is 641. The van der Waals surface area contributed by atoms with Crippen LogP contribution in [0.4, 0.5) is 4.39 Å². The molecule has 0 saturated heterocycles. The molecule has 0 spiro atoms. The van der Waals surface area contributed by atoms with Crippen molar-refractivity contribution in [2.24, 2.45) is 0 Å². The van der Waals surface area contributed by atoms with Crippen LogP contribution in [0.2, 0.25) is 15.1 Å². The van der Waals surface area contributed by atoms with Gasteiger partial charge < -0.3 is 0 Å². The number of rotatable bonds is 3. The molecule has 98 valence electrons. The van der Waals surface area contributed by atoms with Crippen molar-refractivity contribution in [2.75, 3.05) is 0 Å². The minimum absolute atomic E-state index is 0.0804. The molecule has 0 amide bonds. The van der Waals surface area contributed by atoms with Gasteiger partial charge in [-0.1, -0.05) is 40.9 Å². The average Bonchev–Trinajstić information content (AvgIpc) is 2.36. The SMILES string of the molecule is O=C(Cc1ccc(F)cc1Cl)c1ccc(Cl)c(Cl)c1. The Morgan fingerprint density at radius 1 is 0.947 bits per heavy atom. The Morgan fingerprint density at radius 2 is 1.68 bits per heavy atom. The first kappa shape index (κ1) is 14.3. The van der Waals surface area contributed by atoms with Crippen molar-refractivity contribution in [3.63, 3.8) is 0 Å². The summed E-state index contributed by atoms with van der Waals surface area (Å²) in [5, 5.41) is 0.934. The van der Waals surface area contributed by atoms with Crippen LogP contribution >= 0.6 is 34.8 Å². The second kappa shape index (κ2) is 5.91. The average molecular weight is 318 g/mol. The molecule has 0 bridgehead atoms. The van der Waals surface area contributed by atoms with Gasteiger partial charge in [-0.25, -0.2) is 4.39 Å². The summed E-state index contributed by atoms with van der Waals surface area (Å²) in [4.78, 5) is 12.1. The van der Waals surface area contributed by atoms with E-state index < -0.39 is 5.82 Å². The molecule has 2 rings (SSSR count). The van der Waals surface area contributed by atoms with E-state index in [-0.39, 0.29) is 17.2 Å². The maximum atomic E-state index is 12.9. The largest absolute Gasteiger partial charge is 0.294 e. The van der Waals surface area contributed by atoms with Gasteiger partial charge in [0.25, 0.3) is 0 Å². The van der Waals surface area contributed by atoms with Crippen molar-refractivity contribution in [3.8, 4) is 0 Å². The maximum Gasteiger partial charge on any atom is 0.167 e. The lowest BCUT2D eigenvalue weighted by Crippen LogP contribution is -2.04. The molecule has 5 heteroatoms. The van der Waals surface area contributed by atoms with E-state index in [9.17, 15) is 9.18 Å². The van der Waals surface area contributed by atoms with Crippen LogP contribution in [-0.2, 0) is 6.42 Å². The molecule has 0 unspecified atom stereocenters. The summed E-state index contributed by atoms with van der Waals surface area (Å²) in [6, 6.07) is 8.59. The Kier molecular flexibility index (Phi) is 4.46. The number of benzene rings is 2. The summed E-state index contributed by atoms with van der Waals surface area (Å²) >= 11 is 17.5. The summed E-state index contributed by atoms with van der Waals surface area (Å²) in [5.41, 5.74) is 1.01. The topological polar surface area (TPSA) is 17.1 Å². The lowest BCUT2D eigenvalue weighted by Gasteiger charge is -2.05. The highest BCUT2D eigenvalue weighted by Crippen LogP contribution is 2.24. The second-order valence-electron chi connectivity index (χ2n) is 3.96. The molecule has 0 atom stereocenters. The molecule has 0 aliphatic rings. The highest BCUT2D eigenvalue weighted by atomic mass is 35.5. The summed E-state index contributed by atoms with van der Waals surface area (Å²) in [7, 11) is 0. The van der Waals surface area contributed by atoms with Crippen molar-refractivity contribution in [3.05, 3.63) is 68.4 Å². The summed E-state index contributed by atoms with van der Waals surface area (Å²) in [5.74, 6) is -0.595. The van der Waals surface area contributed by atoms with E-state index >= 15 is 0 Å². The van der Waals surface area contributed by atoms with E-state index in [4.69, 9.17) is 34.8 Å². The van der Waals surface area contributed by atoms with Crippen LogP contribution in [0, 0.1) is 5.82 Å². The zero-order chi connectivity index (χ0) is 14.0. The van der Waals surface area contributed by atoms with E-state index in [1.807, 2.05) is 0 Å². The van der Waals surface area contributed by atoms with Crippen molar-refractivity contribution in [1.29, 1.82) is 0 Å². The van der Waals surface area contributed by atoms with E-state index in [0.29, 0.717) is 21.2 Å². The van der Waals surface area contributed by atoms with Crippen LogP contribution in [0.1, 0.15) is 15.9 Å². The number of ketones is 1. The first-order valence-electron chi connectivity index (χ1n) is 5.39. The minimum atomic E-state index is -0.435. The van der Waals surface area contributed by atoms with Gasteiger partial charge in [-0.2, -0.15) is 0 Å². The summed E-state index contributed by atoms with van der Waals surface area (Å²) in [6.45, 7) is 0. The van der Waals surface area contributed by atoms with Gasteiger partial charge in [0.1, 0.15) is 5.82 Å². The van der Waals surface area contributed by atoms with Gasteiger partial charge in [-0.05, 0) is 35.9 Å². The van der Waals surface area contributed by atoms with Crippen LogP contribution in [0.5, 0.6) is 0 Å². The zero-order valence-electron chi connectivity index (χ0n) is 9.59. The number of Topliss-reactive ketones (excluding diaryl/α,β-unsaturated/α-hetero) is 1. The van der Waals surface area contributed by atoms with Crippen LogP contribution in [-0.4, -0.2) is 5.78 Å². The highest BCUT2D eigenvalue weighted by Gasteiger charge is 2.11. The molecule has 0 fully saturated rings. The van der Waals surface area contributed by atoms with Gasteiger partial charge in [-0.15, -0.1) is 0 Å². The molecular weight excluding hydrogens is 310 g/mol. The third-order valence-electron chi connectivity index (χ3n) is 2.61. The molecule has 2 aromatic carbocycles. The predicted molar refractivity (Wildman–Crippen MR) is 75.9 cm³/mol. The maximum absolute atomic E-state index is 12.9. The molecule has 0 N–H and O–H groups in total. The molecule has 0 aromatic heterocycles. The number of halogens is 4. The molecule has 0 aliphatic heterocycles. The molecular formula is C14H8Cl3FO. The van der Waals surface area contributed by atoms with Gasteiger partial charge in [0.05, 0.1) is 10.0 Å². The first-order valence-corrected chi connectivity index (χ1v) is 6.53. The fraction of sp³-hybridized carbons (Fsp3) is 0.0714. The quantitative estimate of drug-likeness (QED) is 0.710. The van der Waals surface area contributed by atoms with Crippen molar-refractivity contribution in [2.45, 2.75) is 6.42 Å². The molecule has 0 radical (unpaired) electrons. The van der Waals surface area contributed by atoms with Gasteiger partial charge in [0, 0.05) is 17.0 Å². The zero-order valence-corrected chi connectivity index (χ0v) is 11.9. The lowest BCUT2D eigenvalue weighted by molar-refractivity contribution is 0.0993. The van der Waals surface area contributed by atoms with Gasteiger partial charge in [0.2, 0.25) is 0 Å². The van der Waals surface area contributed by atoms with Gasteiger partial charge in [0.15, 0.2) is 5.78 Å². The standard InChI is InChI=1S/C14H8Cl3FO/c15-11-4-2-9(5-13(11)17)14(19)6-8-1-3-10(18)7-12(8)16/h1-5,7H,6H2. The summed E-state index contributed by atoms with van der Waals surface area (Å²) < 4.78 is 12.9. The predicted octanol–water partition coefficient (Wildman–Crippen LogP) is 5.21. The third kappa shape index (κ3) is 3.47. The van der Waals surface area contributed by atoms with E-state index in [1.165, 1.54) is 24.3 Å². The summed E-state index contributed by atoms with van der Waals surface area (Å²) in [6.07, 6.45) is 0.0804. The Labute approximate surface area is 124 Å². The molecule has 0 aliphatic carbocycles.